The van der Waals surface area contributed by atoms with Crippen LogP contribution in [0.3, 0.4) is 0 Å². The Hall–Kier alpha value is -1.14. The Morgan fingerprint density at radius 2 is 1.74 bits per heavy atom. The van der Waals surface area contributed by atoms with Crippen LogP contribution in [0.15, 0.2) is 0 Å². The van der Waals surface area contributed by atoms with Gasteiger partial charge in [0.1, 0.15) is 12.8 Å². The summed E-state index contributed by atoms with van der Waals surface area (Å²) in [5.74, 6) is -0.521. The lowest BCUT2D eigenvalue weighted by Gasteiger charge is -2.41. The van der Waals surface area contributed by atoms with Gasteiger partial charge in [0, 0.05) is 13.7 Å². The van der Waals surface area contributed by atoms with Crippen LogP contribution in [0, 0.1) is 17.8 Å². The van der Waals surface area contributed by atoms with Gasteiger partial charge in [-0.1, -0.05) is 33.1 Å². The smallest absolute Gasteiger partial charge is 0.326 e. The summed E-state index contributed by atoms with van der Waals surface area (Å²) in [5.41, 5.74) is 0. The van der Waals surface area contributed by atoms with Gasteiger partial charge in [0.15, 0.2) is 0 Å². The number of rotatable bonds is 9. The molecule has 0 radical (unpaired) electrons. The second-order valence-corrected chi connectivity index (χ2v) is 8.55. The second-order valence-electron chi connectivity index (χ2n) is 8.55. The molecule has 1 saturated carbocycles. The number of ether oxygens (including phenoxy) is 2. The fraction of sp³-hybridized carbons (Fsp3) is 0.905. The molecule has 3 atom stereocenters. The molecule has 0 spiro atoms. The zero-order valence-corrected chi connectivity index (χ0v) is 17.2. The van der Waals surface area contributed by atoms with Crippen molar-refractivity contribution in [1.82, 2.24) is 4.90 Å². The predicted molar refractivity (Wildman–Crippen MR) is 103 cm³/mol. The van der Waals surface area contributed by atoms with Crippen molar-refractivity contribution in [3.63, 3.8) is 0 Å². The first-order valence-corrected chi connectivity index (χ1v) is 10.6. The van der Waals surface area contributed by atoms with Crippen molar-refractivity contribution in [2.75, 3.05) is 20.4 Å². The number of carbonyl (C=O) groups excluding carboxylic acids is 1. The van der Waals surface area contributed by atoms with E-state index in [0.29, 0.717) is 18.9 Å². The minimum atomic E-state index is -0.885. The van der Waals surface area contributed by atoms with Gasteiger partial charge in [-0.15, -0.1) is 0 Å². The van der Waals surface area contributed by atoms with Gasteiger partial charge in [-0.2, -0.15) is 0 Å². The van der Waals surface area contributed by atoms with Crippen LogP contribution in [0.1, 0.15) is 71.6 Å². The van der Waals surface area contributed by atoms with E-state index in [1.54, 1.807) is 12.0 Å². The van der Waals surface area contributed by atoms with Gasteiger partial charge in [0.05, 0.1) is 12.0 Å². The zero-order chi connectivity index (χ0) is 19.8. The number of likely N-dealkylation sites (tertiary alicyclic amines) is 1. The molecule has 1 saturated heterocycles. The van der Waals surface area contributed by atoms with Crippen molar-refractivity contribution in [2.24, 2.45) is 17.8 Å². The fourth-order valence-corrected chi connectivity index (χ4v) is 4.74. The van der Waals surface area contributed by atoms with E-state index in [9.17, 15) is 14.7 Å². The molecule has 27 heavy (non-hydrogen) atoms. The highest BCUT2D eigenvalue weighted by atomic mass is 16.7. The largest absolute Gasteiger partial charge is 0.480 e. The van der Waals surface area contributed by atoms with Crippen LogP contribution in [-0.2, 0) is 19.1 Å². The Kier molecular flexibility index (Phi) is 9.03. The molecule has 1 amide bonds. The summed E-state index contributed by atoms with van der Waals surface area (Å²) in [6.45, 7) is 4.97. The predicted octanol–water partition coefficient (Wildman–Crippen LogP) is 3.68. The topological polar surface area (TPSA) is 76.1 Å². The molecule has 1 aliphatic carbocycles. The van der Waals surface area contributed by atoms with Crippen molar-refractivity contribution >= 4 is 11.9 Å². The number of nitrogens with zero attached hydrogens (tertiary/aromatic N) is 1. The minimum absolute atomic E-state index is 0.0178. The lowest BCUT2D eigenvalue weighted by Crippen LogP contribution is -2.54. The van der Waals surface area contributed by atoms with E-state index < -0.39 is 12.0 Å². The van der Waals surface area contributed by atoms with E-state index in [2.05, 4.69) is 13.8 Å². The molecule has 2 rings (SSSR count). The average molecular weight is 384 g/mol. The highest BCUT2D eigenvalue weighted by molar-refractivity contribution is 5.86. The van der Waals surface area contributed by atoms with Crippen LogP contribution >= 0.6 is 0 Å². The molecule has 2 aliphatic rings. The van der Waals surface area contributed by atoms with Gasteiger partial charge < -0.3 is 19.5 Å². The van der Waals surface area contributed by atoms with Crippen molar-refractivity contribution in [3.05, 3.63) is 0 Å². The molecular weight excluding hydrogens is 346 g/mol. The van der Waals surface area contributed by atoms with E-state index >= 15 is 0 Å². The minimum Gasteiger partial charge on any atom is -0.480 e. The number of hydrogen-bond donors (Lipinski definition) is 1. The first kappa shape index (κ1) is 22.2. The van der Waals surface area contributed by atoms with Gasteiger partial charge in [0.2, 0.25) is 5.91 Å². The molecule has 2 fully saturated rings. The molecule has 1 N–H and O–H groups in total. The highest BCUT2D eigenvalue weighted by Gasteiger charge is 2.42. The highest BCUT2D eigenvalue weighted by Crippen LogP contribution is 2.37. The summed E-state index contributed by atoms with van der Waals surface area (Å²) < 4.78 is 11.1. The summed E-state index contributed by atoms with van der Waals surface area (Å²) in [6, 6.07) is -0.695. The van der Waals surface area contributed by atoms with Crippen LogP contribution in [-0.4, -0.2) is 54.5 Å². The van der Waals surface area contributed by atoms with Crippen LogP contribution in [0.25, 0.3) is 0 Å². The van der Waals surface area contributed by atoms with Crippen LogP contribution < -0.4 is 0 Å². The summed E-state index contributed by atoms with van der Waals surface area (Å²) in [7, 11) is 1.59. The zero-order valence-electron chi connectivity index (χ0n) is 17.2. The number of carboxylic acid groups (broad SMARTS) is 1. The van der Waals surface area contributed by atoms with E-state index in [0.717, 1.165) is 44.9 Å². The van der Waals surface area contributed by atoms with Crippen molar-refractivity contribution in [2.45, 2.75) is 83.8 Å². The molecule has 0 aromatic carbocycles. The van der Waals surface area contributed by atoms with Crippen LogP contribution in [0.2, 0.25) is 0 Å². The SMILES string of the molecule is COCO[C@H](CC(C)C)[C@@H](C(=O)N1CCCCC1C(=O)O)C1CCCCC1. The van der Waals surface area contributed by atoms with E-state index in [4.69, 9.17) is 9.47 Å². The fourth-order valence-electron chi connectivity index (χ4n) is 4.74. The van der Waals surface area contributed by atoms with Crippen molar-refractivity contribution < 1.29 is 24.2 Å². The van der Waals surface area contributed by atoms with Gasteiger partial charge in [-0.3, -0.25) is 4.79 Å². The molecule has 1 aliphatic heterocycles. The van der Waals surface area contributed by atoms with E-state index in [1.165, 1.54) is 6.42 Å². The first-order valence-electron chi connectivity index (χ1n) is 10.6. The first-order chi connectivity index (χ1) is 13.0. The Morgan fingerprint density at radius 1 is 1.07 bits per heavy atom. The van der Waals surface area contributed by atoms with E-state index in [1.807, 2.05) is 0 Å². The number of aliphatic carboxylic acids is 1. The maximum absolute atomic E-state index is 13.6. The Labute approximate surface area is 163 Å². The quantitative estimate of drug-likeness (QED) is 0.615. The maximum atomic E-state index is 13.6. The average Bonchev–Trinajstić information content (AvgIpc) is 2.66. The molecule has 1 heterocycles. The van der Waals surface area contributed by atoms with Gasteiger partial charge in [-0.05, 0) is 50.4 Å². The second kappa shape index (κ2) is 11.0. The lowest BCUT2D eigenvalue weighted by atomic mass is 9.74. The van der Waals surface area contributed by atoms with Crippen molar-refractivity contribution in [3.8, 4) is 0 Å². The number of carboxylic acids is 1. The number of methoxy groups -OCH3 is 1. The van der Waals surface area contributed by atoms with Crippen LogP contribution in [0.5, 0.6) is 0 Å². The third-order valence-corrected chi connectivity index (χ3v) is 6.02. The maximum Gasteiger partial charge on any atom is 0.326 e. The van der Waals surface area contributed by atoms with Gasteiger partial charge in [0.25, 0.3) is 0 Å². The standard InChI is InChI=1S/C21H37NO5/c1-15(2)13-18(27-14-26-3)19(16-9-5-4-6-10-16)20(23)22-12-8-7-11-17(22)21(24)25/h15-19H,4-14H2,1-3H3,(H,24,25)/t17?,18-,19+/m1/s1. The molecule has 0 aromatic rings. The van der Waals surface area contributed by atoms with Gasteiger partial charge >= 0.3 is 5.97 Å². The number of carbonyl (C=O) groups is 2. The third kappa shape index (κ3) is 6.18. The molecule has 6 nitrogen and oxygen atoms in total. The number of amides is 1. The summed E-state index contributed by atoms with van der Waals surface area (Å²) in [4.78, 5) is 27.0. The molecule has 0 bridgehead atoms. The number of hydrogen-bond acceptors (Lipinski definition) is 4. The molecular formula is C21H37NO5. The van der Waals surface area contributed by atoms with Crippen molar-refractivity contribution in [1.29, 1.82) is 0 Å². The summed E-state index contributed by atoms with van der Waals surface area (Å²) >= 11 is 0. The lowest BCUT2D eigenvalue weighted by molar-refractivity contribution is -0.164. The van der Waals surface area contributed by atoms with Crippen LogP contribution in [0.4, 0.5) is 0 Å². The molecule has 6 heteroatoms. The molecule has 0 aromatic heterocycles. The summed E-state index contributed by atoms with van der Waals surface area (Å²) in [6.07, 6.45) is 8.37. The summed E-state index contributed by atoms with van der Waals surface area (Å²) in [5, 5.41) is 9.63. The molecule has 1 unspecified atom stereocenters. The van der Waals surface area contributed by atoms with Gasteiger partial charge in [-0.25, -0.2) is 4.79 Å². The Balaban J connectivity index is 2.27. The van der Waals surface area contributed by atoms with E-state index in [-0.39, 0.29) is 30.6 Å². The number of piperidine rings is 1. The molecule has 156 valence electrons. The Morgan fingerprint density at radius 3 is 2.33 bits per heavy atom. The monoisotopic (exact) mass is 383 g/mol. The normalized spacial score (nSPS) is 24.0. The third-order valence-electron chi connectivity index (χ3n) is 6.02. The Bertz CT molecular complexity index is 475.